The van der Waals surface area contributed by atoms with Gasteiger partial charge in [0.2, 0.25) is 0 Å². The topological polar surface area (TPSA) is 80.0 Å². The van der Waals surface area contributed by atoms with Crippen LogP contribution >= 0.6 is 22.9 Å². The van der Waals surface area contributed by atoms with Gasteiger partial charge in [-0.2, -0.15) is 4.37 Å². The number of hydrogen-bond donors (Lipinski definition) is 3. The molecule has 2 aromatic heterocycles. The molecule has 0 unspecified atom stereocenters. The predicted octanol–water partition coefficient (Wildman–Crippen LogP) is 1.76. The number of carbonyl (C=O) groups is 1. The number of nitrogens with zero attached hydrogens (tertiary/aromatic N) is 1. The minimum Gasteiger partial charge on any atom is -0.382 e. The Labute approximate surface area is 107 Å². The van der Waals surface area contributed by atoms with E-state index in [4.69, 9.17) is 5.73 Å². The summed E-state index contributed by atoms with van der Waals surface area (Å²) in [7, 11) is 1.57. The quantitative estimate of drug-likeness (QED) is 0.789. The number of nitrogens with one attached hydrogen (secondary N) is 2. The summed E-state index contributed by atoms with van der Waals surface area (Å²) in [5.74, 6) is 0.0490. The van der Waals surface area contributed by atoms with E-state index >= 15 is 0 Å². The Kier molecular flexibility index (Phi) is 3.60. The van der Waals surface area contributed by atoms with E-state index in [1.54, 1.807) is 18.4 Å². The van der Waals surface area contributed by atoms with Crippen LogP contribution < -0.4 is 16.4 Å². The first-order valence-corrected chi connectivity index (χ1v) is 6.61. The van der Waals surface area contributed by atoms with E-state index in [-0.39, 0.29) is 11.7 Å². The number of amides is 1. The molecule has 4 N–H and O–H groups in total. The molecule has 0 aliphatic rings. The van der Waals surface area contributed by atoms with Crippen molar-refractivity contribution in [2.45, 2.75) is 6.54 Å². The van der Waals surface area contributed by atoms with Crippen LogP contribution in [0.25, 0.3) is 0 Å². The zero-order valence-electron chi connectivity index (χ0n) is 9.19. The van der Waals surface area contributed by atoms with E-state index in [0.29, 0.717) is 17.1 Å². The second kappa shape index (κ2) is 5.15. The molecule has 0 spiro atoms. The van der Waals surface area contributed by atoms with Crippen molar-refractivity contribution in [1.82, 2.24) is 9.69 Å². The Bertz CT molecular complexity index is 506. The predicted molar refractivity (Wildman–Crippen MR) is 71.6 cm³/mol. The molecule has 0 radical (unpaired) electrons. The van der Waals surface area contributed by atoms with Crippen LogP contribution in [0.5, 0.6) is 0 Å². The molecule has 0 saturated carbocycles. The molecule has 2 rings (SSSR count). The monoisotopic (exact) mass is 268 g/mol. The van der Waals surface area contributed by atoms with Crippen molar-refractivity contribution >= 4 is 39.6 Å². The van der Waals surface area contributed by atoms with E-state index < -0.39 is 0 Å². The summed E-state index contributed by atoms with van der Waals surface area (Å²) in [6.45, 7) is 0.670. The van der Waals surface area contributed by atoms with E-state index in [2.05, 4.69) is 15.0 Å². The summed E-state index contributed by atoms with van der Waals surface area (Å²) >= 11 is 2.86. The van der Waals surface area contributed by atoms with Gasteiger partial charge in [-0.05, 0) is 23.0 Å². The van der Waals surface area contributed by atoms with Crippen LogP contribution in [0.15, 0.2) is 17.5 Å². The van der Waals surface area contributed by atoms with Crippen LogP contribution in [0, 0.1) is 0 Å². The number of thiophene rings is 1. The Balaban J connectivity index is 2.13. The van der Waals surface area contributed by atoms with Crippen LogP contribution in [-0.2, 0) is 6.54 Å². The van der Waals surface area contributed by atoms with Crippen molar-refractivity contribution in [2.24, 2.45) is 0 Å². The lowest BCUT2D eigenvalue weighted by molar-refractivity contribution is 0.0965. The standard InChI is InChI=1S/C10H12N4OS2/c1-12-9(15)7-8(11)14-17-10(7)13-5-6-3-2-4-16-6/h2-4,13H,5H2,1H3,(H2,11,14)(H,12,15). The summed E-state index contributed by atoms with van der Waals surface area (Å²) in [5, 5.41) is 8.44. The molecule has 7 heteroatoms. The average molecular weight is 268 g/mol. The Morgan fingerprint density at radius 2 is 2.41 bits per heavy atom. The largest absolute Gasteiger partial charge is 0.382 e. The van der Waals surface area contributed by atoms with Crippen molar-refractivity contribution in [2.75, 3.05) is 18.1 Å². The second-order valence-electron chi connectivity index (χ2n) is 3.28. The highest BCUT2D eigenvalue weighted by molar-refractivity contribution is 7.11. The maximum atomic E-state index is 11.6. The lowest BCUT2D eigenvalue weighted by Crippen LogP contribution is -2.19. The van der Waals surface area contributed by atoms with E-state index in [1.807, 2.05) is 17.5 Å². The van der Waals surface area contributed by atoms with Crippen molar-refractivity contribution in [3.8, 4) is 0 Å². The number of carbonyl (C=O) groups excluding carboxylic acids is 1. The lowest BCUT2D eigenvalue weighted by atomic mass is 10.3. The van der Waals surface area contributed by atoms with E-state index in [1.165, 1.54) is 16.4 Å². The molecule has 17 heavy (non-hydrogen) atoms. The van der Waals surface area contributed by atoms with Crippen LogP contribution in [-0.4, -0.2) is 17.3 Å². The number of anilines is 2. The summed E-state index contributed by atoms with van der Waals surface area (Å²) in [6, 6.07) is 4.02. The SMILES string of the molecule is CNC(=O)c1c(N)nsc1NCc1cccs1. The second-order valence-corrected chi connectivity index (χ2v) is 5.09. The van der Waals surface area contributed by atoms with Gasteiger partial charge >= 0.3 is 0 Å². The molecule has 0 aromatic carbocycles. The maximum Gasteiger partial charge on any atom is 0.257 e. The van der Waals surface area contributed by atoms with Gasteiger partial charge in [-0.3, -0.25) is 4.79 Å². The molecular formula is C10H12N4OS2. The Morgan fingerprint density at radius 1 is 1.59 bits per heavy atom. The van der Waals surface area contributed by atoms with Gasteiger partial charge in [0, 0.05) is 11.9 Å². The third-order valence-corrected chi connectivity index (χ3v) is 3.87. The zero-order chi connectivity index (χ0) is 12.3. The Hall–Kier alpha value is -1.60. The molecule has 90 valence electrons. The molecular weight excluding hydrogens is 256 g/mol. The number of rotatable bonds is 4. The fourth-order valence-electron chi connectivity index (χ4n) is 1.35. The Morgan fingerprint density at radius 3 is 3.06 bits per heavy atom. The molecule has 1 amide bonds. The van der Waals surface area contributed by atoms with Gasteiger partial charge in [0.05, 0.1) is 6.54 Å². The average Bonchev–Trinajstić information content (AvgIpc) is 2.95. The van der Waals surface area contributed by atoms with Gasteiger partial charge in [-0.15, -0.1) is 11.3 Å². The van der Waals surface area contributed by atoms with Gasteiger partial charge in [0.1, 0.15) is 10.6 Å². The number of hydrogen-bond acceptors (Lipinski definition) is 6. The number of nitrogens with two attached hydrogens (primary N) is 1. The molecule has 0 aliphatic heterocycles. The summed E-state index contributed by atoms with van der Waals surface area (Å²) < 4.78 is 3.99. The van der Waals surface area contributed by atoms with Gasteiger partial charge in [0.25, 0.3) is 5.91 Å². The minimum absolute atomic E-state index is 0.218. The highest BCUT2D eigenvalue weighted by Gasteiger charge is 2.17. The van der Waals surface area contributed by atoms with Crippen LogP contribution in [0.4, 0.5) is 10.8 Å². The van der Waals surface area contributed by atoms with E-state index in [0.717, 1.165) is 0 Å². The first-order valence-electron chi connectivity index (χ1n) is 4.96. The third kappa shape index (κ3) is 2.56. The van der Waals surface area contributed by atoms with Crippen molar-refractivity contribution < 1.29 is 4.79 Å². The van der Waals surface area contributed by atoms with Crippen LogP contribution in [0.1, 0.15) is 15.2 Å². The van der Waals surface area contributed by atoms with Crippen molar-refractivity contribution in [3.05, 3.63) is 28.0 Å². The van der Waals surface area contributed by atoms with Crippen LogP contribution in [0.3, 0.4) is 0 Å². The molecule has 2 aromatic rings. The van der Waals surface area contributed by atoms with Crippen molar-refractivity contribution in [1.29, 1.82) is 0 Å². The molecule has 0 saturated heterocycles. The van der Waals surface area contributed by atoms with Gasteiger partial charge < -0.3 is 16.4 Å². The highest BCUT2D eigenvalue weighted by atomic mass is 32.1. The molecule has 2 heterocycles. The normalized spacial score (nSPS) is 10.2. The molecule has 0 aliphatic carbocycles. The summed E-state index contributed by atoms with van der Waals surface area (Å²) in [5.41, 5.74) is 6.09. The minimum atomic E-state index is -0.218. The van der Waals surface area contributed by atoms with Gasteiger partial charge in [-0.1, -0.05) is 6.07 Å². The third-order valence-electron chi connectivity index (χ3n) is 2.18. The lowest BCUT2D eigenvalue weighted by Gasteiger charge is -2.04. The number of aromatic nitrogens is 1. The molecule has 0 bridgehead atoms. The molecule has 0 fully saturated rings. The van der Waals surface area contributed by atoms with E-state index in [9.17, 15) is 4.79 Å². The highest BCUT2D eigenvalue weighted by Crippen LogP contribution is 2.27. The fraction of sp³-hybridized carbons (Fsp3) is 0.200. The van der Waals surface area contributed by atoms with Gasteiger partial charge in [-0.25, -0.2) is 0 Å². The summed E-state index contributed by atoms with van der Waals surface area (Å²) in [4.78, 5) is 12.8. The molecule has 0 atom stereocenters. The van der Waals surface area contributed by atoms with Crippen molar-refractivity contribution in [3.63, 3.8) is 0 Å². The summed E-state index contributed by atoms with van der Waals surface area (Å²) in [6.07, 6.45) is 0. The maximum absolute atomic E-state index is 11.6. The molecule has 5 nitrogen and oxygen atoms in total. The smallest absolute Gasteiger partial charge is 0.257 e. The van der Waals surface area contributed by atoms with Crippen LogP contribution in [0.2, 0.25) is 0 Å². The number of nitrogen functional groups attached to an aromatic ring is 1. The fourth-order valence-corrected chi connectivity index (χ4v) is 2.70. The van der Waals surface area contributed by atoms with Gasteiger partial charge in [0.15, 0.2) is 5.82 Å². The first kappa shape index (κ1) is 11.9. The first-order chi connectivity index (χ1) is 8.22. The zero-order valence-corrected chi connectivity index (χ0v) is 10.8.